The summed E-state index contributed by atoms with van der Waals surface area (Å²) in [5.41, 5.74) is 0. The highest BCUT2D eigenvalue weighted by Crippen LogP contribution is 1.99. The van der Waals surface area contributed by atoms with E-state index in [0.717, 1.165) is 0 Å². The Morgan fingerprint density at radius 2 is 1.92 bits per heavy atom. The first kappa shape index (κ1) is 12.3. The van der Waals surface area contributed by atoms with Crippen LogP contribution in [0.2, 0.25) is 0 Å². The van der Waals surface area contributed by atoms with Crippen LogP contribution in [0.15, 0.2) is 0 Å². The smallest absolute Gasteiger partial charge is 0.251 e. The molecule has 0 aliphatic rings. The molecule has 78 valence electrons. The van der Waals surface area contributed by atoms with Crippen molar-refractivity contribution in [3.63, 3.8) is 0 Å². The molecule has 0 bridgehead atoms. The topological polar surface area (TPSA) is 110 Å². The fraction of sp³-hybridized carbons (Fsp3) is 0.857. The van der Waals surface area contributed by atoms with Crippen LogP contribution in [0.1, 0.15) is 6.92 Å². The van der Waals surface area contributed by atoms with Gasteiger partial charge in [-0.05, 0) is 6.92 Å². The molecule has 0 aliphatic carbocycles. The van der Waals surface area contributed by atoms with E-state index in [-0.39, 0.29) is 0 Å². The lowest BCUT2D eigenvalue weighted by Crippen LogP contribution is -2.48. The highest BCUT2D eigenvalue weighted by molar-refractivity contribution is 5.81. The maximum absolute atomic E-state index is 10.9. The van der Waals surface area contributed by atoms with E-state index in [1.165, 1.54) is 0 Å². The Morgan fingerprint density at radius 3 is 2.31 bits per heavy atom. The molecule has 0 saturated carbocycles. The summed E-state index contributed by atoms with van der Waals surface area (Å²) in [5.74, 6) is -0.775. The van der Waals surface area contributed by atoms with Gasteiger partial charge in [0, 0.05) is 6.54 Å². The maximum atomic E-state index is 10.9. The zero-order chi connectivity index (χ0) is 10.4. The summed E-state index contributed by atoms with van der Waals surface area (Å²) in [6.07, 6.45) is -4.91. The molecule has 0 aliphatic heterocycles. The monoisotopic (exact) mass is 193 g/mol. The molecule has 3 atom stereocenters. The first-order chi connectivity index (χ1) is 6.04. The molecule has 0 saturated heterocycles. The third-order valence-corrected chi connectivity index (χ3v) is 1.52. The van der Waals surface area contributed by atoms with Gasteiger partial charge in [-0.1, -0.05) is 0 Å². The van der Waals surface area contributed by atoms with Crippen molar-refractivity contribution in [3.05, 3.63) is 0 Å². The fourth-order valence-corrected chi connectivity index (χ4v) is 0.752. The van der Waals surface area contributed by atoms with Crippen molar-refractivity contribution in [3.8, 4) is 0 Å². The first-order valence-electron chi connectivity index (χ1n) is 3.97. The lowest BCUT2D eigenvalue weighted by atomic mass is 10.1. The van der Waals surface area contributed by atoms with Crippen LogP contribution in [-0.2, 0) is 4.79 Å². The molecule has 6 nitrogen and oxygen atoms in total. The summed E-state index contributed by atoms with van der Waals surface area (Å²) in [7, 11) is 0. The minimum absolute atomic E-state index is 0.317. The molecule has 6 heteroatoms. The van der Waals surface area contributed by atoms with Crippen molar-refractivity contribution in [2.24, 2.45) is 0 Å². The van der Waals surface area contributed by atoms with Gasteiger partial charge in [0.15, 0.2) is 6.10 Å². The Bertz CT molecular complexity index is 163. The average molecular weight is 193 g/mol. The van der Waals surface area contributed by atoms with E-state index in [0.29, 0.717) is 6.54 Å². The molecule has 0 fully saturated rings. The molecule has 5 N–H and O–H groups in total. The SMILES string of the molecule is CCNC(=O)[C@@H](O)[C@H](O)[C@@H](O)CO. The molecular formula is C7H15NO5. The quantitative estimate of drug-likeness (QED) is 0.324. The van der Waals surface area contributed by atoms with Gasteiger partial charge in [0.2, 0.25) is 0 Å². The van der Waals surface area contributed by atoms with Gasteiger partial charge in [0.1, 0.15) is 12.2 Å². The van der Waals surface area contributed by atoms with E-state index >= 15 is 0 Å². The molecule has 0 radical (unpaired) electrons. The third-order valence-electron chi connectivity index (χ3n) is 1.52. The summed E-state index contributed by atoms with van der Waals surface area (Å²) in [6, 6.07) is 0. The van der Waals surface area contributed by atoms with Gasteiger partial charge in [0.05, 0.1) is 6.61 Å². The Labute approximate surface area is 75.8 Å². The number of nitrogens with one attached hydrogen (secondary N) is 1. The summed E-state index contributed by atoms with van der Waals surface area (Å²) < 4.78 is 0. The zero-order valence-corrected chi connectivity index (χ0v) is 7.34. The van der Waals surface area contributed by atoms with Gasteiger partial charge in [-0.2, -0.15) is 0 Å². The minimum atomic E-state index is -1.72. The van der Waals surface area contributed by atoms with Crippen LogP contribution in [-0.4, -0.2) is 57.8 Å². The Balaban J connectivity index is 4.07. The van der Waals surface area contributed by atoms with Crippen LogP contribution in [0.3, 0.4) is 0 Å². The second kappa shape index (κ2) is 5.87. The number of amides is 1. The second-order valence-corrected chi connectivity index (χ2v) is 2.58. The van der Waals surface area contributed by atoms with Gasteiger partial charge in [-0.15, -0.1) is 0 Å². The van der Waals surface area contributed by atoms with Gasteiger partial charge in [-0.25, -0.2) is 0 Å². The number of carbonyl (C=O) groups excluding carboxylic acids is 1. The first-order valence-corrected chi connectivity index (χ1v) is 3.97. The molecule has 0 heterocycles. The third kappa shape index (κ3) is 3.69. The Hall–Kier alpha value is -0.690. The van der Waals surface area contributed by atoms with Crippen molar-refractivity contribution in [1.82, 2.24) is 5.32 Å². The number of likely N-dealkylation sites (N-methyl/N-ethyl adjacent to an activating group) is 1. The van der Waals surface area contributed by atoms with Crippen LogP contribution >= 0.6 is 0 Å². The molecular weight excluding hydrogens is 178 g/mol. The van der Waals surface area contributed by atoms with Crippen LogP contribution in [0, 0.1) is 0 Å². The lowest BCUT2D eigenvalue weighted by molar-refractivity contribution is -0.142. The van der Waals surface area contributed by atoms with Gasteiger partial charge < -0.3 is 25.7 Å². The molecule has 0 rings (SSSR count). The van der Waals surface area contributed by atoms with Gasteiger partial charge in [0.25, 0.3) is 5.91 Å². The highest BCUT2D eigenvalue weighted by atomic mass is 16.4. The normalized spacial score (nSPS) is 17.6. The van der Waals surface area contributed by atoms with Crippen LogP contribution < -0.4 is 5.32 Å². The molecule has 1 amide bonds. The second-order valence-electron chi connectivity index (χ2n) is 2.58. The predicted molar refractivity (Wildman–Crippen MR) is 43.8 cm³/mol. The maximum Gasteiger partial charge on any atom is 0.251 e. The molecule has 0 aromatic heterocycles. The molecule has 0 aromatic carbocycles. The van der Waals surface area contributed by atoms with Crippen molar-refractivity contribution in [2.75, 3.05) is 13.2 Å². The standard InChI is InChI=1S/C7H15NO5/c1-2-8-7(13)6(12)5(11)4(10)3-9/h4-6,9-12H,2-3H2,1H3,(H,8,13)/t4-,5+,6-/m0/s1. The van der Waals surface area contributed by atoms with E-state index in [4.69, 9.17) is 20.4 Å². The van der Waals surface area contributed by atoms with Crippen molar-refractivity contribution in [1.29, 1.82) is 0 Å². The molecule has 0 aromatic rings. The van der Waals surface area contributed by atoms with Crippen LogP contribution in [0.5, 0.6) is 0 Å². The number of hydrogen-bond acceptors (Lipinski definition) is 5. The van der Waals surface area contributed by atoms with E-state index in [1.54, 1.807) is 6.92 Å². The van der Waals surface area contributed by atoms with Gasteiger partial charge in [-0.3, -0.25) is 4.79 Å². The largest absolute Gasteiger partial charge is 0.394 e. The summed E-state index contributed by atoms with van der Waals surface area (Å²) in [4.78, 5) is 10.9. The van der Waals surface area contributed by atoms with Crippen molar-refractivity contribution in [2.45, 2.75) is 25.2 Å². The highest BCUT2D eigenvalue weighted by Gasteiger charge is 2.29. The van der Waals surface area contributed by atoms with Crippen molar-refractivity contribution >= 4 is 5.91 Å². The van der Waals surface area contributed by atoms with E-state index < -0.39 is 30.8 Å². The molecule has 0 spiro atoms. The Morgan fingerprint density at radius 1 is 1.38 bits per heavy atom. The van der Waals surface area contributed by atoms with Crippen LogP contribution in [0.4, 0.5) is 0 Å². The fourth-order valence-electron chi connectivity index (χ4n) is 0.752. The summed E-state index contributed by atoms with van der Waals surface area (Å²) >= 11 is 0. The molecule has 13 heavy (non-hydrogen) atoms. The number of aliphatic hydroxyl groups excluding tert-OH is 4. The number of aliphatic hydroxyl groups is 4. The van der Waals surface area contributed by atoms with E-state index in [9.17, 15) is 4.79 Å². The van der Waals surface area contributed by atoms with Crippen molar-refractivity contribution < 1.29 is 25.2 Å². The minimum Gasteiger partial charge on any atom is -0.394 e. The molecule has 0 unspecified atom stereocenters. The van der Waals surface area contributed by atoms with Crippen LogP contribution in [0.25, 0.3) is 0 Å². The number of hydrogen-bond donors (Lipinski definition) is 5. The zero-order valence-electron chi connectivity index (χ0n) is 7.34. The summed E-state index contributed by atoms with van der Waals surface area (Å²) in [5, 5.41) is 37.7. The number of carbonyl (C=O) groups is 1. The Kier molecular flexibility index (Phi) is 5.56. The van der Waals surface area contributed by atoms with E-state index in [2.05, 4.69) is 5.32 Å². The average Bonchev–Trinajstić information content (AvgIpc) is 2.14. The number of rotatable bonds is 5. The van der Waals surface area contributed by atoms with E-state index in [1.807, 2.05) is 0 Å². The van der Waals surface area contributed by atoms with Gasteiger partial charge >= 0.3 is 0 Å². The lowest BCUT2D eigenvalue weighted by Gasteiger charge is -2.20. The predicted octanol–water partition coefficient (Wildman–Crippen LogP) is -2.80. The summed E-state index contributed by atoms with van der Waals surface area (Å²) in [6.45, 7) is 1.26.